The molecule has 0 aliphatic carbocycles. The van der Waals surface area contributed by atoms with Crippen molar-refractivity contribution in [3.8, 4) is 0 Å². The second-order valence-corrected chi connectivity index (χ2v) is 6.06. The summed E-state index contributed by atoms with van der Waals surface area (Å²) in [7, 11) is 0. The van der Waals surface area contributed by atoms with E-state index in [9.17, 15) is 0 Å². The molecule has 0 aliphatic rings. The number of alkyl halides is 1. The molecule has 2 heteroatoms. The Bertz CT molecular complexity index is 448. The minimum absolute atomic E-state index is 0.245. The second kappa shape index (κ2) is 6.23. The molecule has 1 aromatic heterocycles. The summed E-state index contributed by atoms with van der Waals surface area (Å²) in [6.07, 6.45) is 3.11. The molecule has 0 saturated carbocycles. The van der Waals surface area contributed by atoms with Crippen molar-refractivity contribution in [2.45, 2.75) is 31.6 Å². The van der Waals surface area contributed by atoms with E-state index in [1.54, 1.807) is 11.3 Å². The average molecular weight is 265 g/mol. The molecule has 0 spiro atoms. The molecule has 90 valence electrons. The molecule has 1 atom stereocenters. The van der Waals surface area contributed by atoms with Gasteiger partial charge in [-0.3, -0.25) is 0 Å². The third-order valence-electron chi connectivity index (χ3n) is 2.83. The highest BCUT2D eigenvalue weighted by molar-refractivity contribution is 7.09. The monoisotopic (exact) mass is 264 g/mol. The molecule has 17 heavy (non-hydrogen) atoms. The zero-order valence-corrected chi connectivity index (χ0v) is 11.6. The summed E-state index contributed by atoms with van der Waals surface area (Å²) in [4.78, 5) is 1.38. The molecular weight excluding hydrogens is 248 g/mol. The maximum absolute atomic E-state index is 6.37. The minimum Gasteiger partial charge on any atom is -0.149 e. The summed E-state index contributed by atoms with van der Waals surface area (Å²) >= 11 is 8.16. The van der Waals surface area contributed by atoms with E-state index in [1.165, 1.54) is 16.0 Å². The normalized spacial score (nSPS) is 12.6. The van der Waals surface area contributed by atoms with Crippen molar-refractivity contribution in [3.05, 3.63) is 57.8 Å². The fraction of sp³-hybridized carbons (Fsp3) is 0.333. The summed E-state index contributed by atoms with van der Waals surface area (Å²) in [5.41, 5.74) is 2.72. The van der Waals surface area contributed by atoms with Crippen LogP contribution in [-0.4, -0.2) is 5.38 Å². The summed E-state index contributed by atoms with van der Waals surface area (Å²) in [6, 6.07) is 12.9. The molecule has 0 radical (unpaired) electrons. The van der Waals surface area contributed by atoms with Crippen molar-refractivity contribution >= 4 is 22.9 Å². The fourth-order valence-electron chi connectivity index (χ4n) is 1.94. The Labute approximate surface area is 112 Å². The lowest BCUT2D eigenvalue weighted by molar-refractivity contribution is 0.749. The Morgan fingerprint density at radius 1 is 1.24 bits per heavy atom. The van der Waals surface area contributed by atoms with Gasteiger partial charge in [-0.2, -0.15) is 0 Å². The molecule has 0 bridgehead atoms. The SMILES string of the molecule is Cc1cccc(CCC(Cl)Cc2cccs2)c1. The first-order valence-corrected chi connectivity index (χ1v) is 7.27. The Hall–Kier alpha value is -0.790. The second-order valence-electron chi connectivity index (χ2n) is 4.41. The number of hydrogen-bond acceptors (Lipinski definition) is 1. The van der Waals surface area contributed by atoms with Crippen molar-refractivity contribution in [1.82, 2.24) is 0 Å². The van der Waals surface area contributed by atoms with Crippen molar-refractivity contribution in [2.24, 2.45) is 0 Å². The maximum Gasteiger partial charge on any atom is 0.0387 e. The first-order chi connectivity index (χ1) is 8.24. The van der Waals surface area contributed by atoms with Crippen LogP contribution in [0.2, 0.25) is 0 Å². The van der Waals surface area contributed by atoms with Gasteiger partial charge in [0.15, 0.2) is 0 Å². The highest BCUT2D eigenvalue weighted by atomic mass is 35.5. The van der Waals surface area contributed by atoms with Gasteiger partial charge in [0.05, 0.1) is 0 Å². The van der Waals surface area contributed by atoms with Crippen LogP contribution < -0.4 is 0 Å². The molecule has 0 N–H and O–H groups in total. The standard InChI is InChI=1S/C15H17ClS/c1-12-4-2-5-13(10-12)7-8-14(16)11-15-6-3-9-17-15/h2-6,9-10,14H,7-8,11H2,1H3. The van der Waals surface area contributed by atoms with E-state index in [4.69, 9.17) is 11.6 Å². The number of hydrogen-bond donors (Lipinski definition) is 0. The van der Waals surface area contributed by atoms with E-state index in [0.717, 1.165) is 19.3 Å². The Morgan fingerprint density at radius 2 is 2.12 bits per heavy atom. The van der Waals surface area contributed by atoms with Gasteiger partial charge in [-0.25, -0.2) is 0 Å². The van der Waals surface area contributed by atoms with Gasteiger partial charge in [0, 0.05) is 10.3 Å². The first-order valence-electron chi connectivity index (χ1n) is 5.96. The molecule has 0 saturated heterocycles. The van der Waals surface area contributed by atoms with E-state index in [0.29, 0.717) is 0 Å². The Balaban J connectivity index is 1.82. The molecule has 0 fully saturated rings. The van der Waals surface area contributed by atoms with Crippen LogP contribution in [0.4, 0.5) is 0 Å². The van der Waals surface area contributed by atoms with Gasteiger partial charge >= 0.3 is 0 Å². The highest BCUT2D eigenvalue weighted by Gasteiger charge is 2.07. The van der Waals surface area contributed by atoms with Crippen molar-refractivity contribution in [3.63, 3.8) is 0 Å². The van der Waals surface area contributed by atoms with Crippen LogP contribution in [0.5, 0.6) is 0 Å². The largest absolute Gasteiger partial charge is 0.149 e. The van der Waals surface area contributed by atoms with Gasteiger partial charge in [-0.15, -0.1) is 22.9 Å². The van der Waals surface area contributed by atoms with Crippen molar-refractivity contribution in [2.75, 3.05) is 0 Å². The zero-order valence-electron chi connectivity index (χ0n) is 10.0. The molecule has 1 heterocycles. The van der Waals surface area contributed by atoms with E-state index < -0.39 is 0 Å². The van der Waals surface area contributed by atoms with Gasteiger partial charge < -0.3 is 0 Å². The predicted molar refractivity (Wildman–Crippen MR) is 77.2 cm³/mol. The highest BCUT2D eigenvalue weighted by Crippen LogP contribution is 2.18. The van der Waals surface area contributed by atoms with Crippen LogP contribution in [0.15, 0.2) is 41.8 Å². The predicted octanol–water partition coefficient (Wildman–Crippen LogP) is 4.84. The number of thiophene rings is 1. The van der Waals surface area contributed by atoms with Gasteiger partial charge in [-0.05, 0) is 43.2 Å². The van der Waals surface area contributed by atoms with E-state index >= 15 is 0 Å². The summed E-state index contributed by atoms with van der Waals surface area (Å²) in [6.45, 7) is 2.13. The van der Waals surface area contributed by atoms with Crippen LogP contribution in [-0.2, 0) is 12.8 Å². The van der Waals surface area contributed by atoms with Crippen LogP contribution in [0, 0.1) is 6.92 Å². The Morgan fingerprint density at radius 3 is 2.82 bits per heavy atom. The summed E-state index contributed by atoms with van der Waals surface area (Å²) in [5.74, 6) is 0. The molecule has 1 aromatic carbocycles. The minimum atomic E-state index is 0.245. The van der Waals surface area contributed by atoms with Crippen LogP contribution >= 0.6 is 22.9 Å². The molecule has 2 rings (SSSR count). The van der Waals surface area contributed by atoms with Gasteiger partial charge in [0.2, 0.25) is 0 Å². The Kier molecular flexibility index (Phi) is 4.64. The number of rotatable bonds is 5. The number of benzene rings is 1. The molecule has 2 aromatic rings. The van der Waals surface area contributed by atoms with Gasteiger partial charge in [-0.1, -0.05) is 35.9 Å². The van der Waals surface area contributed by atoms with E-state index in [-0.39, 0.29) is 5.38 Å². The molecular formula is C15H17ClS. The summed E-state index contributed by atoms with van der Waals surface area (Å²) < 4.78 is 0. The number of halogens is 1. The molecule has 0 aliphatic heterocycles. The third-order valence-corrected chi connectivity index (χ3v) is 4.10. The molecule has 1 unspecified atom stereocenters. The fourth-order valence-corrected chi connectivity index (χ4v) is 3.09. The number of aryl methyl sites for hydroxylation is 2. The molecule has 0 amide bonds. The van der Waals surface area contributed by atoms with Crippen molar-refractivity contribution < 1.29 is 0 Å². The molecule has 0 nitrogen and oxygen atoms in total. The lowest BCUT2D eigenvalue weighted by atomic mass is 10.0. The van der Waals surface area contributed by atoms with Crippen LogP contribution in [0.1, 0.15) is 22.4 Å². The van der Waals surface area contributed by atoms with E-state index in [1.807, 2.05) is 0 Å². The average Bonchev–Trinajstić information content (AvgIpc) is 2.79. The topological polar surface area (TPSA) is 0 Å². The lowest BCUT2D eigenvalue weighted by Gasteiger charge is -2.08. The quantitative estimate of drug-likeness (QED) is 0.678. The van der Waals surface area contributed by atoms with Gasteiger partial charge in [0.25, 0.3) is 0 Å². The van der Waals surface area contributed by atoms with Crippen LogP contribution in [0.3, 0.4) is 0 Å². The third kappa shape index (κ3) is 4.18. The summed E-state index contributed by atoms with van der Waals surface area (Å²) in [5, 5.41) is 2.36. The maximum atomic E-state index is 6.37. The van der Waals surface area contributed by atoms with Gasteiger partial charge in [0.1, 0.15) is 0 Å². The first kappa shape index (κ1) is 12.7. The van der Waals surface area contributed by atoms with Crippen LogP contribution in [0.25, 0.3) is 0 Å². The zero-order chi connectivity index (χ0) is 12.1. The van der Waals surface area contributed by atoms with E-state index in [2.05, 4.69) is 48.7 Å². The lowest BCUT2D eigenvalue weighted by Crippen LogP contribution is -2.04. The van der Waals surface area contributed by atoms with Crippen molar-refractivity contribution in [1.29, 1.82) is 0 Å². The smallest absolute Gasteiger partial charge is 0.0387 e.